The van der Waals surface area contributed by atoms with Crippen LogP contribution < -0.4 is 11.1 Å². The monoisotopic (exact) mass is 412 g/mol. The number of carbonyl (C=O) groups is 1. The van der Waals surface area contributed by atoms with Gasteiger partial charge in [0.25, 0.3) is 0 Å². The van der Waals surface area contributed by atoms with E-state index in [0.717, 1.165) is 21.9 Å². The first-order valence-electron chi connectivity index (χ1n) is 10.1. The lowest BCUT2D eigenvalue weighted by atomic mass is 9.92. The summed E-state index contributed by atoms with van der Waals surface area (Å²) in [6.07, 6.45) is 0.329. The second kappa shape index (κ2) is 8.90. The summed E-state index contributed by atoms with van der Waals surface area (Å²) in [5.41, 5.74) is 8.54. The van der Waals surface area contributed by atoms with Crippen LogP contribution in [0.5, 0.6) is 11.5 Å². The average molecular weight is 412 g/mol. The Hall–Kier alpha value is -3.83. The molecule has 4 aromatic rings. The van der Waals surface area contributed by atoms with Crippen molar-refractivity contribution >= 4 is 16.7 Å². The molecule has 4 aromatic carbocycles. The Kier molecular flexibility index (Phi) is 5.87. The molecule has 0 aliphatic carbocycles. The summed E-state index contributed by atoms with van der Waals surface area (Å²) in [6.45, 7) is 0. The van der Waals surface area contributed by atoms with Crippen molar-refractivity contribution in [3.8, 4) is 11.5 Å². The van der Waals surface area contributed by atoms with Gasteiger partial charge in [-0.05, 0) is 46.5 Å². The smallest absolute Gasteiger partial charge is 0.238 e. The predicted molar refractivity (Wildman–Crippen MR) is 122 cm³/mol. The number of phenolic OH excluding ortho intramolecular Hbond substituents is 2. The maximum atomic E-state index is 13.1. The van der Waals surface area contributed by atoms with Crippen molar-refractivity contribution in [2.45, 2.75) is 18.5 Å². The van der Waals surface area contributed by atoms with E-state index in [0.29, 0.717) is 12.0 Å². The number of amides is 1. The summed E-state index contributed by atoms with van der Waals surface area (Å²) >= 11 is 0. The molecular weight excluding hydrogens is 388 g/mol. The number of benzene rings is 4. The van der Waals surface area contributed by atoms with Crippen molar-refractivity contribution < 1.29 is 15.0 Å². The van der Waals surface area contributed by atoms with Crippen LogP contribution in [0.2, 0.25) is 0 Å². The molecule has 0 aliphatic heterocycles. The number of rotatable bonds is 6. The largest absolute Gasteiger partial charge is 0.508 e. The van der Waals surface area contributed by atoms with Crippen LogP contribution >= 0.6 is 0 Å². The lowest BCUT2D eigenvalue weighted by Crippen LogP contribution is -2.43. The van der Waals surface area contributed by atoms with Gasteiger partial charge in [-0.3, -0.25) is 4.79 Å². The first kappa shape index (κ1) is 20.4. The maximum absolute atomic E-state index is 13.1. The Bertz CT molecular complexity index is 1190. The van der Waals surface area contributed by atoms with Crippen molar-refractivity contribution in [3.63, 3.8) is 0 Å². The van der Waals surface area contributed by atoms with Gasteiger partial charge in [0, 0.05) is 5.56 Å². The van der Waals surface area contributed by atoms with Crippen LogP contribution in [0, 0.1) is 0 Å². The van der Waals surface area contributed by atoms with E-state index < -0.39 is 12.1 Å². The number of hydrogen-bond donors (Lipinski definition) is 4. The standard InChI is InChI=1S/C26H24N2O3/c27-22(16-17-10-13-20(29)14-11-17)26(31)28-25(19-7-2-1-3-8-19)24-21-9-5-4-6-18(21)12-15-23(24)30/h1-15,22,25,29-30H,16,27H2,(H,28,31)/t22-,25?/m0/s1. The van der Waals surface area contributed by atoms with Crippen LogP contribution in [-0.4, -0.2) is 22.2 Å². The van der Waals surface area contributed by atoms with Crippen molar-refractivity contribution in [3.05, 3.63) is 108 Å². The van der Waals surface area contributed by atoms with Crippen molar-refractivity contribution in [1.82, 2.24) is 5.32 Å². The second-order valence-corrected chi connectivity index (χ2v) is 7.55. The molecule has 0 radical (unpaired) electrons. The molecule has 0 aliphatic rings. The second-order valence-electron chi connectivity index (χ2n) is 7.55. The predicted octanol–water partition coefficient (Wildman–Crippen LogP) is 4.03. The quantitative estimate of drug-likeness (QED) is 0.385. The average Bonchev–Trinajstić information content (AvgIpc) is 2.80. The van der Waals surface area contributed by atoms with Crippen LogP contribution in [0.15, 0.2) is 91.0 Å². The van der Waals surface area contributed by atoms with Gasteiger partial charge in [-0.2, -0.15) is 0 Å². The number of fused-ring (bicyclic) bond motifs is 1. The molecule has 2 atom stereocenters. The van der Waals surface area contributed by atoms with Gasteiger partial charge in [-0.15, -0.1) is 0 Å². The first-order chi connectivity index (χ1) is 15.0. The summed E-state index contributed by atoms with van der Waals surface area (Å²) in [5.74, 6) is -0.0495. The molecule has 1 amide bonds. The van der Waals surface area contributed by atoms with Gasteiger partial charge in [0.15, 0.2) is 0 Å². The zero-order valence-corrected chi connectivity index (χ0v) is 16.9. The van der Waals surface area contributed by atoms with E-state index in [2.05, 4.69) is 5.32 Å². The zero-order valence-electron chi connectivity index (χ0n) is 16.9. The van der Waals surface area contributed by atoms with Crippen LogP contribution in [0.1, 0.15) is 22.7 Å². The minimum Gasteiger partial charge on any atom is -0.508 e. The Morgan fingerprint density at radius 3 is 2.26 bits per heavy atom. The maximum Gasteiger partial charge on any atom is 0.238 e. The Balaban J connectivity index is 1.68. The molecule has 0 fully saturated rings. The summed E-state index contributed by atoms with van der Waals surface area (Å²) < 4.78 is 0. The van der Waals surface area contributed by atoms with E-state index in [1.54, 1.807) is 30.3 Å². The first-order valence-corrected chi connectivity index (χ1v) is 10.1. The number of aromatic hydroxyl groups is 2. The number of nitrogens with one attached hydrogen (secondary N) is 1. The molecule has 5 N–H and O–H groups in total. The van der Waals surface area contributed by atoms with Crippen LogP contribution in [-0.2, 0) is 11.2 Å². The van der Waals surface area contributed by atoms with Crippen LogP contribution in [0.3, 0.4) is 0 Å². The third-order valence-corrected chi connectivity index (χ3v) is 5.38. The van der Waals surface area contributed by atoms with E-state index in [-0.39, 0.29) is 17.4 Å². The summed E-state index contributed by atoms with van der Waals surface area (Å²) in [6, 6.07) is 26.1. The SMILES string of the molecule is N[C@@H](Cc1ccc(O)cc1)C(=O)NC(c1ccccc1)c1c(O)ccc2ccccc12. The van der Waals surface area contributed by atoms with Gasteiger partial charge in [0.1, 0.15) is 11.5 Å². The highest BCUT2D eigenvalue weighted by Crippen LogP contribution is 2.35. The summed E-state index contributed by atoms with van der Waals surface area (Å²) in [7, 11) is 0. The van der Waals surface area contributed by atoms with Crippen molar-refractivity contribution in [2.75, 3.05) is 0 Å². The minimum absolute atomic E-state index is 0.111. The van der Waals surface area contributed by atoms with E-state index in [9.17, 15) is 15.0 Å². The fourth-order valence-electron chi connectivity index (χ4n) is 3.78. The Labute approximate surface area is 180 Å². The topological polar surface area (TPSA) is 95.6 Å². The summed E-state index contributed by atoms with van der Waals surface area (Å²) in [5, 5.41) is 25.1. The molecule has 0 spiro atoms. The van der Waals surface area contributed by atoms with E-state index in [1.807, 2.05) is 60.7 Å². The normalized spacial score (nSPS) is 12.9. The molecular formula is C26H24N2O3. The molecule has 0 bridgehead atoms. The Morgan fingerprint density at radius 2 is 1.52 bits per heavy atom. The number of phenols is 2. The van der Waals surface area contributed by atoms with E-state index >= 15 is 0 Å². The van der Waals surface area contributed by atoms with E-state index in [4.69, 9.17) is 5.73 Å². The molecule has 1 unspecified atom stereocenters. The molecule has 5 nitrogen and oxygen atoms in total. The summed E-state index contributed by atoms with van der Waals surface area (Å²) in [4.78, 5) is 13.1. The van der Waals surface area contributed by atoms with Gasteiger partial charge in [-0.1, -0.05) is 72.8 Å². The molecule has 0 aromatic heterocycles. The minimum atomic E-state index is -0.784. The van der Waals surface area contributed by atoms with Gasteiger partial charge in [0.2, 0.25) is 5.91 Å². The van der Waals surface area contributed by atoms with Gasteiger partial charge in [0.05, 0.1) is 12.1 Å². The highest BCUT2D eigenvalue weighted by molar-refractivity contribution is 5.90. The number of carbonyl (C=O) groups excluding carboxylic acids is 1. The highest BCUT2D eigenvalue weighted by Gasteiger charge is 2.25. The van der Waals surface area contributed by atoms with Crippen molar-refractivity contribution in [2.24, 2.45) is 5.73 Å². The van der Waals surface area contributed by atoms with Gasteiger partial charge < -0.3 is 21.3 Å². The molecule has 5 heteroatoms. The van der Waals surface area contributed by atoms with Crippen LogP contribution in [0.4, 0.5) is 0 Å². The van der Waals surface area contributed by atoms with Crippen LogP contribution in [0.25, 0.3) is 10.8 Å². The third-order valence-electron chi connectivity index (χ3n) is 5.38. The number of nitrogens with two attached hydrogens (primary N) is 1. The fourth-order valence-corrected chi connectivity index (χ4v) is 3.78. The van der Waals surface area contributed by atoms with E-state index in [1.165, 1.54) is 0 Å². The fraction of sp³-hybridized carbons (Fsp3) is 0.115. The van der Waals surface area contributed by atoms with Crippen molar-refractivity contribution in [1.29, 1.82) is 0 Å². The molecule has 0 saturated carbocycles. The lowest BCUT2D eigenvalue weighted by molar-refractivity contribution is -0.122. The Morgan fingerprint density at radius 1 is 0.839 bits per heavy atom. The molecule has 4 rings (SSSR count). The lowest BCUT2D eigenvalue weighted by Gasteiger charge is -2.24. The third kappa shape index (κ3) is 4.52. The molecule has 0 saturated heterocycles. The number of hydrogen-bond acceptors (Lipinski definition) is 4. The van der Waals surface area contributed by atoms with Gasteiger partial charge in [-0.25, -0.2) is 0 Å². The highest BCUT2D eigenvalue weighted by atomic mass is 16.3. The molecule has 156 valence electrons. The molecule has 0 heterocycles. The molecule has 31 heavy (non-hydrogen) atoms. The zero-order chi connectivity index (χ0) is 21.8. The van der Waals surface area contributed by atoms with Gasteiger partial charge >= 0.3 is 0 Å².